The Labute approximate surface area is 176 Å². The molecule has 0 bridgehead atoms. The summed E-state index contributed by atoms with van der Waals surface area (Å²) in [5.74, 6) is 1.86. The van der Waals surface area contributed by atoms with Crippen LogP contribution in [0.1, 0.15) is 93.4 Å². The van der Waals surface area contributed by atoms with Gasteiger partial charge in [0, 0.05) is 22.8 Å². The molecule has 0 aliphatic carbocycles. The Morgan fingerprint density at radius 3 is 2.29 bits per heavy atom. The summed E-state index contributed by atoms with van der Waals surface area (Å²) in [6.07, 6.45) is 7.88. The Morgan fingerprint density at radius 2 is 1.75 bits per heavy atom. The van der Waals surface area contributed by atoms with E-state index in [1.54, 1.807) is 29.3 Å². The molecule has 1 aromatic rings. The van der Waals surface area contributed by atoms with Crippen LogP contribution in [0.3, 0.4) is 0 Å². The maximum atomic E-state index is 12.0. The molecule has 1 atom stereocenters. The Morgan fingerprint density at radius 1 is 1.11 bits per heavy atom. The smallest absolute Gasteiger partial charge is 0.208 e. The minimum atomic E-state index is -0.577. The topological polar surface area (TPSA) is 62.5 Å². The largest absolute Gasteiger partial charge is 0.494 e. The Kier molecular flexibility index (Phi) is 9.45. The highest BCUT2D eigenvalue weighted by Crippen LogP contribution is 2.44. The molecule has 28 heavy (non-hydrogen) atoms. The van der Waals surface area contributed by atoms with Gasteiger partial charge in [-0.05, 0) is 46.0 Å². The predicted octanol–water partition coefficient (Wildman–Crippen LogP) is 6.73. The summed E-state index contributed by atoms with van der Waals surface area (Å²) in [6, 6.07) is 1.66. The number of hydrogen-bond donors (Lipinski definition) is 2. The number of Topliss-reactive ketones (excluding diaryl/α,β-unsaturated/α-hetero) is 1. The number of thioether (sulfide) groups is 1. The van der Waals surface area contributed by atoms with Crippen LogP contribution in [0, 0.1) is 11.3 Å². The van der Waals surface area contributed by atoms with Crippen molar-refractivity contribution in [2.45, 2.75) is 104 Å². The molecule has 0 fully saturated rings. The van der Waals surface area contributed by atoms with Gasteiger partial charge in [-0.2, -0.15) is 0 Å². The minimum Gasteiger partial charge on any atom is -0.494 e. The normalized spacial score (nSPS) is 13.7. The molecule has 0 aliphatic rings. The second kappa shape index (κ2) is 10.6. The van der Waals surface area contributed by atoms with Crippen molar-refractivity contribution in [2.75, 3.05) is 5.75 Å². The molecular weight excluding hydrogens is 370 g/mol. The molecule has 0 spiro atoms. The summed E-state index contributed by atoms with van der Waals surface area (Å²) in [4.78, 5) is 12.7. The fourth-order valence-corrected chi connectivity index (χ4v) is 5.22. The number of carbonyl (C=O) groups excluding carboxylic acids is 1. The highest BCUT2D eigenvalue weighted by Gasteiger charge is 2.36. The molecule has 0 aromatic carbocycles. The van der Waals surface area contributed by atoms with Crippen molar-refractivity contribution in [3.63, 3.8) is 0 Å². The van der Waals surface area contributed by atoms with Crippen LogP contribution in [0.25, 0.3) is 0 Å². The summed E-state index contributed by atoms with van der Waals surface area (Å²) in [7, 11) is 0. The molecule has 0 aliphatic heterocycles. The van der Waals surface area contributed by atoms with Crippen molar-refractivity contribution >= 4 is 17.5 Å². The summed E-state index contributed by atoms with van der Waals surface area (Å²) >= 11 is 1.63. The molecule has 2 N–H and O–H groups in total. The second-order valence-corrected chi connectivity index (χ2v) is 10.5. The third-order valence-corrected chi connectivity index (χ3v) is 6.99. The van der Waals surface area contributed by atoms with Gasteiger partial charge in [-0.25, -0.2) is 0 Å². The van der Waals surface area contributed by atoms with Crippen molar-refractivity contribution in [2.24, 2.45) is 11.3 Å². The quantitative estimate of drug-likeness (QED) is 0.279. The summed E-state index contributed by atoms with van der Waals surface area (Å²) in [6.45, 7) is 13.8. The predicted molar refractivity (Wildman–Crippen MR) is 119 cm³/mol. The van der Waals surface area contributed by atoms with E-state index in [0.717, 1.165) is 10.6 Å². The highest BCUT2D eigenvalue weighted by molar-refractivity contribution is 7.99. The zero-order valence-electron chi connectivity index (χ0n) is 19.0. The van der Waals surface area contributed by atoms with E-state index in [2.05, 4.69) is 13.8 Å². The maximum absolute atomic E-state index is 12.0. The second-order valence-electron chi connectivity index (χ2n) is 9.42. The first-order valence-corrected chi connectivity index (χ1v) is 11.7. The zero-order valence-corrected chi connectivity index (χ0v) is 19.8. The van der Waals surface area contributed by atoms with Gasteiger partial charge in [-0.1, -0.05) is 53.4 Å². The van der Waals surface area contributed by atoms with Crippen LogP contribution in [-0.2, 0) is 10.3 Å². The molecule has 1 rings (SSSR count). The van der Waals surface area contributed by atoms with E-state index in [9.17, 15) is 15.0 Å². The van der Waals surface area contributed by atoms with Crippen molar-refractivity contribution in [1.82, 2.24) is 4.57 Å². The SMILES string of the molecule is CCCCCC(CCC)CSc1cc(O)n(C(C)(C)CC(C)(C)C(C)=O)c1O. The lowest BCUT2D eigenvalue weighted by molar-refractivity contribution is -0.126. The molecule has 4 nitrogen and oxygen atoms in total. The average Bonchev–Trinajstić information content (AvgIpc) is 2.86. The first-order valence-electron chi connectivity index (χ1n) is 10.7. The van der Waals surface area contributed by atoms with Crippen LogP contribution >= 0.6 is 11.8 Å². The first kappa shape index (κ1) is 24.9. The number of aromatic hydroxyl groups is 2. The molecule has 0 saturated heterocycles. The van der Waals surface area contributed by atoms with Crippen molar-refractivity contribution in [1.29, 1.82) is 0 Å². The highest BCUT2D eigenvalue weighted by atomic mass is 32.2. The van der Waals surface area contributed by atoms with Gasteiger partial charge in [0.25, 0.3) is 0 Å². The van der Waals surface area contributed by atoms with Crippen LogP contribution in [-0.4, -0.2) is 26.3 Å². The van der Waals surface area contributed by atoms with Gasteiger partial charge in [0.05, 0.1) is 4.90 Å². The number of aromatic nitrogens is 1. The van der Waals surface area contributed by atoms with E-state index in [1.807, 2.05) is 27.7 Å². The Hall–Kier alpha value is -1.10. The number of rotatable bonds is 13. The van der Waals surface area contributed by atoms with Crippen molar-refractivity contribution in [3.05, 3.63) is 6.07 Å². The zero-order chi connectivity index (χ0) is 21.5. The Bertz CT molecular complexity index is 634. The molecule has 1 unspecified atom stereocenters. The number of nitrogens with zero attached hydrogens (tertiary/aromatic N) is 1. The molecule has 1 heterocycles. The number of carbonyl (C=O) groups is 1. The van der Waals surface area contributed by atoms with E-state index >= 15 is 0 Å². The van der Waals surface area contributed by atoms with Gasteiger partial charge >= 0.3 is 0 Å². The lowest BCUT2D eigenvalue weighted by Gasteiger charge is -2.35. The monoisotopic (exact) mass is 411 g/mol. The van der Waals surface area contributed by atoms with E-state index < -0.39 is 11.0 Å². The van der Waals surface area contributed by atoms with E-state index in [4.69, 9.17) is 0 Å². The van der Waals surface area contributed by atoms with Crippen molar-refractivity contribution < 1.29 is 15.0 Å². The molecule has 0 saturated carbocycles. The number of unbranched alkanes of at least 4 members (excludes halogenated alkanes) is 2. The minimum absolute atomic E-state index is 0.0578. The van der Waals surface area contributed by atoms with Crippen LogP contribution in [0.15, 0.2) is 11.0 Å². The molecule has 0 radical (unpaired) electrons. The van der Waals surface area contributed by atoms with Gasteiger partial charge in [-0.3, -0.25) is 9.36 Å². The van der Waals surface area contributed by atoms with Crippen LogP contribution < -0.4 is 0 Å². The molecule has 162 valence electrons. The molecule has 1 aromatic heterocycles. The van der Waals surface area contributed by atoms with E-state index in [0.29, 0.717) is 12.3 Å². The summed E-state index contributed by atoms with van der Waals surface area (Å²) in [5.41, 5.74) is -1.10. The van der Waals surface area contributed by atoms with Crippen LogP contribution in [0.4, 0.5) is 0 Å². The molecular formula is C23H41NO3S. The third kappa shape index (κ3) is 6.75. The van der Waals surface area contributed by atoms with Crippen LogP contribution in [0.2, 0.25) is 0 Å². The number of hydrogen-bond acceptors (Lipinski definition) is 4. The van der Waals surface area contributed by atoms with Gasteiger partial charge in [-0.15, -0.1) is 11.8 Å². The van der Waals surface area contributed by atoms with Gasteiger partial charge in [0.1, 0.15) is 5.78 Å². The fraction of sp³-hybridized carbons (Fsp3) is 0.783. The average molecular weight is 412 g/mol. The number of ketones is 1. The van der Waals surface area contributed by atoms with Gasteiger partial charge < -0.3 is 10.2 Å². The lowest BCUT2D eigenvalue weighted by atomic mass is 9.77. The third-order valence-electron chi connectivity index (χ3n) is 5.74. The fourth-order valence-electron chi connectivity index (χ4n) is 4.06. The van der Waals surface area contributed by atoms with Crippen molar-refractivity contribution in [3.8, 4) is 11.8 Å². The van der Waals surface area contributed by atoms with E-state index in [1.165, 1.54) is 38.5 Å². The lowest BCUT2D eigenvalue weighted by Crippen LogP contribution is -2.35. The maximum Gasteiger partial charge on any atom is 0.208 e. The van der Waals surface area contributed by atoms with Gasteiger partial charge in [0.2, 0.25) is 5.88 Å². The Balaban J connectivity index is 2.93. The first-order chi connectivity index (χ1) is 13.0. The summed E-state index contributed by atoms with van der Waals surface area (Å²) in [5, 5.41) is 21.4. The molecule has 0 amide bonds. The summed E-state index contributed by atoms with van der Waals surface area (Å²) < 4.78 is 1.58. The van der Waals surface area contributed by atoms with Gasteiger partial charge in [0.15, 0.2) is 5.88 Å². The standard InChI is InChI=1S/C23H41NO3S/c1-8-10-11-13-18(12-9-2)15-28-19-14-20(26)24(21(19)27)23(6,7)16-22(4,5)17(3)25/h14,18,26-27H,8-13,15-16H2,1-7H3. The molecule has 5 heteroatoms. The van der Waals surface area contributed by atoms with E-state index in [-0.39, 0.29) is 17.5 Å². The van der Waals surface area contributed by atoms with Crippen LogP contribution in [0.5, 0.6) is 11.8 Å².